The Balaban J connectivity index is 1.77. The van der Waals surface area contributed by atoms with E-state index >= 15 is 0 Å². The first-order valence-electron chi connectivity index (χ1n) is 7.66. The average molecular weight is 369 g/mol. The summed E-state index contributed by atoms with van der Waals surface area (Å²) in [5.74, 6) is 1.83. The van der Waals surface area contributed by atoms with Crippen molar-refractivity contribution in [2.24, 2.45) is 11.8 Å². The second-order valence-electron chi connectivity index (χ2n) is 6.41. The molecule has 0 spiro atoms. The third-order valence-corrected chi connectivity index (χ3v) is 5.84. The molecule has 0 radical (unpaired) electrons. The van der Waals surface area contributed by atoms with E-state index in [1.807, 2.05) is 0 Å². The van der Waals surface area contributed by atoms with Gasteiger partial charge < -0.3 is 0 Å². The number of hydrogen-bond donors (Lipinski definition) is 0. The van der Waals surface area contributed by atoms with Gasteiger partial charge >= 0.3 is 0 Å². The minimum absolute atomic E-state index is 0.833. The Morgan fingerprint density at radius 1 is 1.21 bits per heavy atom. The minimum atomic E-state index is 0.833. The molecule has 1 aromatic rings. The molecule has 2 aliphatic rings. The van der Waals surface area contributed by atoms with Crippen molar-refractivity contribution in [3.63, 3.8) is 0 Å². The standard InChI is InChI=1S/C17H24IN/c1-13-6-5-9-15-10-16(18)12-19(17(13)15)11-14-7-3-2-4-8-14/h2-4,7-8,13,15-17H,5-6,9-12H2,1H3/t13-,15+,16-,17-/m1/s1. The van der Waals surface area contributed by atoms with Gasteiger partial charge in [0, 0.05) is 23.1 Å². The number of nitrogens with zero attached hydrogens (tertiary/aromatic N) is 1. The number of alkyl halides is 1. The maximum absolute atomic E-state index is 2.78. The first kappa shape index (κ1) is 13.9. The van der Waals surface area contributed by atoms with Crippen molar-refractivity contribution >= 4 is 22.6 Å². The maximum atomic E-state index is 2.78. The largest absolute Gasteiger partial charge is 0.295 e. The Morgan fingerprint density at radius 3 is 2.79 bits per heavy atom. The van der Waals surface area contributed by atoms with Gasteiger partial charge in [0.2, 0.25) is 0 Å². The second kappa shape index (κ2) is 6.13. The normalized spacial score (nSPS) is 35.9. The molecule has 0 bridgehead atoms. The van der Waals surface area contributed by atoms with E-state index in [0.29, 0.717) is 0 Å². The summed E-state index contributed by atoms with van der Waals surface area (Å²) in [6, 6.07) is 11.8. The van der Waals surface area contributed by atoms with Crippen molar-refractivity contribution in [1.82, 2.24) is 4.90 Å². The molecule has 1 saturated heterocycles. The van der Waals surface area contributed by atoms with Gasteiger partial charge in [-0.1, -0.05) is 66.3 Å². The fourth-order valence-electron chi connectivity index (χ4n) is 4.19. The van der Waals surface area contributed by atoms with Crippen LogP contribution in [0.1, 0.15) is 38.2 Å². The van der Waals surface area contributed by atoms with Crippen LogP contribution < -0.4 is 0 Å². The van der Waals surface area contributed by atoms with E-state index in [4.69, 9.17) is 0 Å². The maximum Gasteiger partial charge on any atom is 0.0240 e. The van der Waals surface area contributed by atoms with Crippen LogP contribution in [0, 0.1) is 11.8 Å². The Hall–Kier alpha value is -0.0900. The van der Waals surface area contributed by atoms with Gasteiger partial charge in [0.15, 0.2) is 0 Å². The smallest absolute Gasteiger partial charge is 0.0240 e. The van der Waals surface area contributed by atoms with Crippen LogP contribution in [0.4, 0.5) is 0 Å². The van der Waals surface area contributed by atoms with Gasteiger partial charge in [0.25, 0.3) is 0 Å². The average Bonchev–Trinajstić information content (AvgIpc) is 2.39. The van der Waals surface area contributed by atoms with Crippen molar-refractivity contribution in [3.8, 4) is 0 Å². The number of benzene rings is 1. The van der Waals surface area contributed by atoms with Crippen LogP contribution in [0.15, 0.2) is 30.3 Å². The molecule has 0 amide bonds. The molecular formula is C17H24IN. The van der Waals surface area contributed by atoms with E-state index in [2.05, 4.69) is 64.7 Å². The fraction of sp³-hybridized carbons (Fsp3) is 0.647. The second-order valence-corrected chi connectivity index (χ2v) is 8.17. The summed E-state index contributed by atoms with van der Waals surface area (Å²) < 4.78 is 0.841. The Bertz CT molecular complexity index is 405. The van der Waals surface area contributed by atoms with E-state index in [1.165, 1.54) is 37.8 Å². The van der Waals surface area contributed by atoms with Gasteiger partial charge in [-0.05, 0) is 36.7 Å². The molecule has 2 heteroatoms. The topological polar surface area (TPSA) is 3.24 Å². The molecule has 1 aromatic carbocycles. The predicted octanol–water partition coefficient (Wildman–Crippen LogP) is 4.50. The number of fused-ring (bicyclic) bond motifs is 1. The molecule has 1 nitrogen and oxygen atoms in total. The fourth-order valence-corrected chi connectivity index (χ4v) is 5.35. The van der Waals surface area contributed by atoms with E-state index < -0.39 is 0 Å². The summed E-state index contributed by atoms with van der Waals surface area (Å²) in [7, 11) is 0. The van der Waals surface area contributed by atoms with Gasteiger partial charge in [-0.25, -0.2) is 0 Å². The highest BCUT2D eigenvalue weighted by Gasteiger charge is 2.39. The number of rotatable bonds is 2. The van der Waals surface area contributed by atoms with E-state index in [1.54, 1.807) is 0 Å². The highest BCUT2D eigenvalue weighted by Crippen LogP contribution is 2.40. The summed E-state index contributed by atoms with van der Waals surface area (Å²) in [5.41, 5.74) is 1.48. The molecular weight excluding hydrogens is 345 g/mol. The number of halogens is 1. The molecule has 1 aliphatic carbocycles. The lowest BCUT2D eigenvalue weighted by atomic mass is 9.73. The first-order chi connectivity index (χ1) is 9.24. The molecule has 0 aromatic heterocycles. The van der Waals surface area contributed by atoms with Gasteiger partial charge in [0.1, 0.15) is 0 Å². The summed E-state index contributed by atoms with van der Waals surface area (Å²) in [4.78, 5) is 2.78. The van der Waals surface area contributed by atoms with E-state index in [9.17, 15) is 0 Å². The lowest BCUT2D eigenvalue weighted by Crippen LogP contribution is -2.53. The number of hydrogen-bond acceptors (Lipinski definition) is 1. The molecule has 0 N–H and O–H groups in total. The summed E-state index contributed by atoms with van der Waals surface area (Å²) in [6.45, 7) is 4.90. The molecule has 2 fully saturated rings. The van der Waals surface area contributed by atoms with Crippen LogP contribution in [-0.4, -0.2) is 21.4 Å². The van der Waals surface area contributed by atoms with Crippen LogP contribution in [0.3, 0.4) is 0 Å². The van der Waals surface area contributed by atoms with Crippen LogP contribution in [-0.2, 0) is 6.54 Å². The van der Waals surface area contributed by atoms with Crippen molar-refractivity contribution in [1.29, 1.82) is 0 Å². The molecule has 1 aliphatic heterocycles. The third kappa shape index (κ3) is 3.15. The van der Waals surface area contributed by atoms with Crippen molar-refractivity contribution in [2.75, 3.05) is 6.54 Å². The zero-order valence-corrected chi connectivity index (χ0v) is 13.9. The van der Waals surface area contributed by atoms with Crippen LogP contribution in [0.2, 0.25) is 0 Å². The van der Waals surface area contributed by atoms with Crippen LogP contribution in [0.25, 0.3) is 0 Å². The molecule has 1 heterocycles. The third-order valence-electron chi connectivity index (χ3n) is 4.94. The molecule has 104 valence electrons. The van der Waals surface area contributed by atoms with Crippen LogP contribution in [0.5, 0.6) is 0 Å². The molecule has 0 unspecified atom stereocenters. The summed E-state index contributed by atoms with van der Waals surface area (Å²) in [5, 5.41) is 0. The van der Waals surface area contributed by atoms with Gasteiger partial charge in [-0.2, -0.15) is 0 Å². The molecule has 1 saturated carbocycles. The number of piperidine rings is 1. The SMILES string of the molecule is C[C@@H]1CCC[C@H]2C[C@@H](I)CN(Cc3ccccc3)[C@@H]21. The zero-order chi connectivity index (χ0) is 13.2. The van der Waals surface area contributed by atoms with Gasteiger partial charge in [-0.3, -0.25) is 4.90 Å². The minimum Gasteiger partial charge on any atom is -0.295 e. The quantitative estimate of drug-likeness (QED) is 0.548. The highest BCUT2D eigenvalue weighted by molar-refractivity contribution is 14.1. The van der Waals surface area contributed by atoms with Crippen molar-refractivity contribution in [2.45, 2.75) is 49.1 Å². The first-order valence-corrected chi connectivity index (χ1v) is 8.90. The monoisotopic (exact) mass is 369 g/mol. The zero-order valence-electron chi connectivity index (χ0n) is 11.8. The Morgan fingerprint density at radius 2 is 2.00 bits per heavy atom. The van der Waals surface area contributed by atoms with E-state index in [-0.39, 0.29) is 0 Å². The van der Waals surface area contributed by atoms with Crippen molar-refractivity contribution in [3.05, 3.63) is 35.9 Å². The van der Waals surface area contributed by atoms with Gasteiger partial charge in [0.05, 0.1) is 0 Å². The van der Waals surface area contributed by atoms with E-state index in [0.717, 1.165) is 28.3 Å². The highest BCUT2D eigenvalue weighted by atomic mass is 127. The molecule has 19 heavy (non-hydrogen) atoms. The predicted molar refractivity (Wildman–Crippen MR) is 89.6 cm³/mol. The molecule has 4 atom stereocenters. The van der Waals surface area contributed by atoms with Crippen LogP contribution >= 0.6 is 22.6 Å². The molecule has 3 rings (SSSR count). The van der Waals surface area contributed by atoms with Crippen molar-refractivity contribution < 1.29 is 0 Å². The number of likely N-dealkylation sites (tertiary alicyclic amines) is 1. The summed E-state index contributed by atoms with van der Waals surface area (Å²) in [6.07, 6.45) is 5.78. The lowest BCUT2D eigenvalue weighted by molar-refractivity contribution is 0.0249. The van der Waals surface area contributed by atoms with Gasteiger partial charge in [-0.15, -0.1) is 0 Å². The Labute approximate surface area is 130 Å². The Kier molecular flexibility index (Phi) is 4.47. The lowest BCUT2D eigenvalue weighted by Gasteiger charge is -2.49. The summed E-state index contributed by atoms with van der Waals surface area (Å²) >= 11 is 2.67.